The summed E-state index contributed by atoms with van der Waals surface area (Å²) in [6, 6.07) is 13.7. The Hall–Kier alpha value is -3.34. The Bertz CT molecular complexity index is 953. The highest BCUT2D eigenvalue weighted by Gasteiger charge is 2.33. The number of rotatable bonds is 4. The third-order valence-corrected chi connectivity index (χ3v) is 3.69. The van der Waals surface area contributed by atoms with Crippen molar-refractivity contribution in [3.63, 3.8) is 0 Å². The van der Waals surface area contributed by atoms with Gasteiger partial charge in [-0.25, -0.2) is 9.07 Å². The fourth-order valence-electron chi connectivity index (χ4n) is 2.37. The van der Waals surface area contributed by atoms with Crippen LogP contribution in [0.15, 0.2) is 54.7 Å². The summed E-state index contributed by atoms with van der Waals surface area (Å²) in [5.41, 5.74) is 0.634. The summed E-state index contributed by atoms with van der Waals surface area (Å²) < 4.78 is 52.5. The number of aromatic nitrogens is 2. The first-order chi connectivity index (χ1) is 12.4. The first kappa shape index (κ1) is 17.5. The van der Waals surface area contributed by atoms with Gasteiger partial charge in [0.2, 0.25) is 0 Å². The topological polar surface area (TPSA) is 53.6 Å². The summed E-state index contributed by atoms with van der Waals surface area (Å²) in [4.78, 5) is 0. The number of anilines is 1. The zero-order valence-corrected chi connectivity index (χ0v) is 13.3. The van der Waals surface area contributed by atoms with Crippen molar-refractivity contribution in [1.29, 1.82) is 5.26 Å². The minimum atomic E-state index is -4.49. The van der Waals surface area contributed by atoms with E-state index in [4.69, 9.17) is 5.26 Å². The highest BCUT2D eigenvalue weighted by molar-refractivity contribution is 5.58. The van der Waals surface area contributed by atoms with Crippen LogP contribution in [0.5, 0.6) is 0 Å². The molecular weight excluding hydrogens is 348 g/mol. The van der Waals surface area contributed by atoms with Crippen molar-refractivity contribution in [2.24, 2.45) is 0 Å². The first-order valence-electron chi connectivity index (χ1n) is 7.53. The Kier molecular flexibility index (Phi) is 4.63. The van der Waals surface area contributed by atoms with Crippen LogP contribution in [0.4, 0.5) is 23.2 Å². The second-order valence-corrected chi connectivity index (χ2v) is 5.44. The SMILES string of the molecule is N#Cc1c(F)cccc1NCc1ccc(-n2ccc(C(F)(F)F)n2)cc1. The molecule has 0 atom stereocenters. The van der Waals surface area contributed by atoms with E-state index in [1.54, 1.807) is 36.4 Å². The van der Waals surface area contributed by atoms with Crippen LogP contribution in [0.3, 0.4) is 0 Å². The average Bonchev–Trinajstić information content (AvgIpc) is 3.11. The molecule has 0 spiro atoms. The van der Waals surface area contributed by atoms with Crippen molar-refractivity contribution >= 4 is 5.69 Å². The molecule has 3 rings (SSSR count). The van der Waals surface area contributed by atoms with Gasteiger partial charge in [-0.05, 0) is 35.9 Å². The smallest absolute Gasteiger partial charge is 0.380 e. The zero-order chi connectivity index (χ0) is 18.7. The largest absolute Gasteiger partial charge is 0.435 e. The van der Waals surface area contributed by atoms with Crippen molar-refractivity contribution in [1.82, 2.24) is 9.78 Å². The summed E-state index contributed by atoms with van der Waals surface area (Å²) in [6.07, 6.45) is -3.25. The summed E-state index contributed by atoms with van der Waals surface area (Å²) in [5.74, 6) is -0.605. The normalized spacial score (nSPS) is 11.2. The number of alkyl halides is 3. The van der Waals surface area contributed by atoms with Gasteiger partial charge in [-0.1, -0.05) is 18.2 Å². The Balaban J connectivity index is 1.72. The average molecular weight is 360 g/mol. The van der Waals surface area contributed by atoms with Crippen LogP contribution in [-0.4, -0.2) is 9.78 Å². The van der Waals surface area contributed by atoms with Crippen LogP contribution in [0.1, 0.15) is 16.8 Å². The van der Waals surface area contributed by atoms with Crippen LogP contribution >= 0.6 is 0 Å². The van der Waals surface area contributed by atoms with E-state index in [9.17, 15) is 17.6 Å². The van der Waals surface area contributed by atoms with Crippen LogP contribution in [0.2, 0.25) is 0 Å². The molecule has 0 saturated carbocycles. The van der Waals surface area contributed by atoms with Gasteiger partial charge in [0.05, 0.1) is 11.4 Å². The molecule has 2 aromatic carbocycles. The molecule has 0 aliphatic carbocycles. The summed E-state index contributed by atoms with van der Waals surface area (Å²) in [5, 5.41) is 15.5. The number of halogens is 4. The Morgan fingerprint density at radius 3 is 2.42 bits per heavy atom. The number of benzene rings is 2. The maximum atomic E-state index is 13.6. The van der Waals surface area contributed by atoms with E-state index in [0.717, 1.165) is 16.3 Å². The molecule has 0 fully saturated rings. The van der Waals surface area contributed by atoms with Crippen LogP contribution in [0, 0.1) is 17.1 Å². The molecule has 26 heavy (non-hydrogen) atoms. The van der Waals surface area contributed by atoms with Crippen LogP contribution in [0.25, 0.3) is 5.69 Å². The van der Waals surface area contributed by atoms with Gasteiger partial charge in [-0.3, -0.25) is 0 Å². The lowest BCUT2D eigenvalue weighted by molar-refractivity contribution is -0.141. The molecule has 1 aromatic heterocycles. The van der Waals surface area contributed by atoms with Gasteiger partial charge in [0.25, 0.3) is 0 Å². The summed E-state index contributed by atoms with van der Waals surface area (Å²) in [6.45, 7) is 0.325. The fraction of sp³-hybridized carbons (Fsp3) is 0.111. The predicted octanol–water partition coefficient (Wildman–Crippen LogP) is 4.51. The summed E-state index contributed by atoms with van der Waals surface area (Å²) >= 11 is 0. The van der Waals surface area contributed by atoms with Crippen molar-refractivity contribution in [2.75, 3.05) is 5.32 Å². The lowest BCUT2D eigenvalue weighted by Gasteiger charge is -2.09. The van der Waals surface area contributed by atoms with E-state index in [1.165, 1.54) is 18.3 Å². The standard InChI is InChI=1S/C18H12F4N4/c19-15-2-1-3-16(14(15)10-23)24-11-12-4-6-13(7-5-12)26-9-8-17(25-26)18(20,21)22/h1-9,24H,11H2. The molecule has 0 aliphatic rings. The maximum Gasteiger partial charge on any atom is 0.435 e. The van der Waals surface area contributed by atoms with Crippen molar-refractivity contribution in [2.45, 2.75) is 12.7 Å². The van der Waals surface area contributed by atoms with Crippen molar-refractivity contribution in [3.05, 3.63) is 77.4 Å². The second kappa shape index (κ2) is 6.88. The summed E-state index contributed by atoms with van der Waals surface area (Å²) in [7, 11) is 0. The van der Waals surface area contributed by atoms with Gasteiger partial charge in [0, 0.05) is 12.7 Å². The Morgan fingerprint density at radius 2 is 1.81 bits per heavy atom. The molecule has 0 bridgehead atoms. The van der Waals surface area contributed by atoms with E-state index < -0.39 is 17.7 Å². The van der Waals surface area contributed by atoms with Gasteiger partial charge >= 0.3 is 6.18 Å². The van der Waals surface area contributed by atoms with Crippen molar-refractivity contribution < 1.29 is 17.6 Å². The van der Waals surface area contributed by atoms with E-state index >= 15 is 0 Å². The third kappa shape index (κ3) is 3.67. The highest BCUT2D eigenvalue weighted by atomic mass is 19.4. The van der Waals surface area contributed by atoms with E-state index in [1.807, 2.05) is 0 Å². The van der Waals surface area contributed by atoms with E-state index in [-0.39, 0.29) is 5.56 Å². The number of nitriles is 1. The Labute approximate surface area is 146 Å². The number of nitrogens with one attached hydrogen (secondary N) is 1. The molecule has 1 N–H and O–H groups in total. The lowest BCUT2D eigenvalue weighted by atomic mass is 10.1. The number of nitrogens with zero attached hydrogens (tertiary/aromatic N) is 3. The first-order valence-corrected chi connectivity index (χ1v) is 7.53. The Morgan fingerprint density at radius 1 is 1.08 bits per heavy atom. The van der Waals surface area contributed by atoms with Gasteiger partial charge < -0.3 is 5.32 Å². The number of hydrogen-bond donors (Lipinski definition) is 1. The quantitative estimate of drug-likeness (QED) is 0.697. The van der Waals surface area contributed by atoms with Crippen LogP contribution in [-0.2, 0) is 12.7 Å². The molecular formula is C18H12F4N4. The van der Waals surface area contributed by atoms with Crippen molar-refractivity contribution in [3.8, 4) is 11.8 Å². The zero-order valence-electron chi connectivity index (χ0n) is 13.3. The van der Waals surface area contributed by atoms with E-state index in [2.05, 4.69) is 10.4 Å². The molecule has 4 nitrogen and oxygen atoms in total. The van der Waals surface area contributed by atoms with Gasteiger partial charge in [0.15, 0.2) is 5.69 Å². The molecule has 132 valence electrons. The molecule has 0 saturated heterocycles. The molecule has 3 aromatic rings. The monoisotopic (exact) mass is 360 g/mol. The second-order valence-electron chi connectivity index (χ2n) is 5.44. The highest BCUT2D eigenvalue weighted by Crippen LogP contribution is 2.28. The molecule has 1 heterocycles. The molecule has 0 amide bonds. The fourth-order valence-corrected chi connectivity index (χ4v) is 2.37. The van der Waals surface area contributed by atoms with Gasteiger partial charge in [-0.15, -0.1) is 0 Å². The minimum absolute atomic E-state index is 0.0691. The molecule has 0 unspecified atom stereocenters. The third-order valence-electron chi connectivity index (χ3n) is 3.69. The minimum Gasteiger partial charge on any atom is -0.380 e. The molecule has 0 radical (unpaired) electrons. The molecule has 8 heteroatoms. The van der Waals surface area contributed by atoms with Crippen LogP contribution < -0.4 is 5.32 Å². The van der Waals surface area contributed by atoms with Gasteiger partial charge in [-0.2, -0.15) is 23.5 Å². The maximum absolute atomic E-state index is 13.6. The lowest BCUT2D eigenvalue weighted by Crippen LogP contribution is -2.07. The predicted molar refractivity (Wildman–Crippen MR) is 87.0 cm³/mol. The number of hydrogen-bond acceptors (Lipinski definition) is 3. The molecule has 0 aliphatic heterocycles. The van der Waals surface area contributed by atoms with Gasteiger partial charge in [0.1, 0.15) is 17.4 Å². The van der Waals surface area contributed by atoms with E-state index in [0.29, 0.717) is 17.9 Å².